The van der Waals surface area contributed by atoms with Crippen LogP contribution in [0.3, 0.4) is 0 Å². The van der Waals surface area contributed by atoms with Gasteiger partial charge in [-0.2, -0.15) is 0 Å². The monoisotopic (exact) mass is 467 g/mol. The second kappa shape index (κ2) is 7.65. The summed E-state index contributed by atoms with van der Waals surface area (Å²) in [4.78, 5) is 40.2. The van der Waals surface area contributed by atoms with Gasteiger partial charge >= 0.3 is 4.87 Å². The molecule has 2 aliphatic rings. The number of aliphatic hydroxyl groups excluding tert-OH is 1. The number of amides is 1. The molecule has 164 valence electrons. The minimum Gasteiger partial charge on any atom is -0.391 e. The molecule has 2 atom stereocenters. The molecule has 0 saturated carbocycles. The van der Waals surface area contributed by atoms with Crippen molar-refractivity contribution in [3.63, 3.8) is 0 Å². The largest absolute Gasteiger partial charge is 0.391 e. The summed E-state index contributed by atoms with van der Waals surface area (Å²) in [6.07, 6.45) is 4.16. The Morgan fingerprint density at radius 2 is 2.16 bits per heavy atom. The number of nitrogens with one attached hydrogen (secondary N) is 2. The molecule has 1 saturated heterocycles. The van der Waals surface area contributed by atoms with E-state index in [0.717, 1.165) is 44.8 Å². The zero-order valence-corrected chi connectivity index (χ0v) is 18.8. The van der Waals surface area contributed by atoms with E-state index in [1.54, 1.807) is 17.7 Å². The van der Waals surface area contributed by atoms with E-state index in [9.17, 15) is 14.7 Å². The standard InChI is InChI=1S/C22H21N5O3S2/c28-13-5-6-27(9-13)21(29)11-1-3-14-16(7-11)31-20-18(14)19(23-10-24-20)25-12-2-4-15-17(8-12)32-22(30)26-15/h2,4,8,10-11,13,28H,1,3,5-7,9H2,(H,26,30)(H,23,24,25). The number of H-pyrrole nitrogens is 1. The van der Waals surface area contributed by atoms with Crippen LogP contribution in [-0.4, -0.2) is 50.1 Å². The van der Waals surface area contributed by atoms with E-state index in [1.807, 2.05) is 23.1 Å². The van der Waals surface area contributed by atoms with Gasteiger partial charge in [-0.15, -0.1) is 11.3 Å². The molecule has 1 amide bonds. The van der Waals surface area contributed by atoms with Gasteiger partial charge in [0.05, 0.1) is 21.7 Å². The zero-order chi connectivity index (χ0) is 21.8. The highest BCUT2D eigenvalue weighted by Gasteiger charge is 2.34. The number of rotatable bonds is 3. The maximum absolute atomic E-state index is 12.9. The summed E-state index contributed by atoms with van der Waals surface area (Å²) in [5, 5.41) is 14.2. The first-order valence-electron chi connectivity index (χ1n) is 10.7. The van der Waals surface area contributed by atoms with Gasteiger partial charge in [-0.3, -0.25) is 9.59 Å². The van der Waals surface area contributed by atoms with Crippen LogP contribution in [0.15, 0.2) is 29.3 Å². The molecular formula is C22H21N5O3S2. The molecule has 0 spiro atoms. The minimum absolute atomic E-state index is 0.0380. The fourth-order valence-electron chi connectivity index (χ4n) is 4.78. The average Bonchev–Trinajstić information content (AvgIpc) is 3.48. The van der Waals surface area contributed by atoms with E-state index >= 15 is 0 Å². The summed E-state index contributed by atoms with van der Waals surface area (Å²) in [5.74, 6) is 0.874. The Morgan fingerprint density at radius 3 is 3.00 bits per heavy atom. The number of carbonyl (C=O) groups is 1. The Bertz CT molecular complexity index is 1410. The predicted molar refractivity (Wildman–Crippen MR) is 126 cm³/mol. The van der Waals surface area contributed by atoms with Crippen LogP contribution >= 0.6 is 22.7 Å². The molecule has 32 heavy (non-hydrogen) atoms. The van der Waals surface area contributed by atoms with Gasteiger partial charge in [-0.05, 0) is 49.4 Å². The van der Waals surface area contributed by atoms with Crippen LogP contribution in [0.1, 0.15) is 23.3 Å². The number of thiophene rings is 1. The van der Waals surface area contributed by atoms with Crippen molar-refractivity contribution in [2.75, 3.05) is 18.4 Å². The van der Waals surface area contributed by atoms with Gasteiger partial charge in [0.1, 0.15) is 17.0 Å². The second-order valence-corrected chi connectivity index (χ2v) is 10.5. The summed E-state index contributed by atoms with van der Waals surface area (Å²) in [6.45, 7) is 1.10. The average molecular weight is 468 g/mol. The van der Waals surface area contributed by atoms with Crippen molar-refractivity contribution >= 4 is 60.5 Å². The molecule has 0 radical (unpaired) electrons. The van der Waals surface area contributed by atoms with Gasteiger partial charge in [0, 0.05) is 29.6 Å². The van der Waals surface area contributed by atoms with Gasteiger partial charge < -0.3 is 20.3 Å². The first-order chi connectivity index (χ1) is 15.5. The number of fused-ring (bicyclic) bond motifs is 4. The van der Waals surface area contributed by atoms with E-state index in [-0.39, 0.29) is 16.7 Å². The number of nitrogens with zero attached hydrogens (tertiary/aromatic N) is 3. The number of benzene rings is 1. The quantitative estimate of drug-likeness (QED) is 0.427. The highest BCUT2D eigenvalue weighted by Crippen LogP contribution is 2.41. The van der Waals surface area contributed by atoms with Gasteiger partial charge in [0.25, 0.3) is 0 Å². The SMILES string of the molecule is O=C(C1CCc2c(sc3ncnc(Nc4ccc5[nH]c(=O)sc5c4)c23)C1)N1CCC(O)C1. The minimum atomic E-state index is -0.391. The Kier molecular flexibility index (Phi) is 4.74. The molecule has 3 aromatic heterocycles. The predicted octanol–water partition coefficient (Wildman–Crippen LogP) is 3.04. The molecule has 1 aliphatic carbocycles. The highest BCUT2D eigenvalue weighted by atomic mass is 32.1. The molecule has 1 aromatic carbocycles. The number of hydrogen-bond donors (Lipinski definition) is 3. The number of aryl methyl sites for hydroxylation is 1. The van der Waals surface area contributed by atoms with Crippen LogP contribution in [0.5, 0.6) is 0 Å². The second-order valence-electron chi connectivity index (χ2n) is 8.42. The molecule has 8 nitrogen and oxygen atoms in total. The van der Waals surface area contributed by atoms with Crippen molar-refractivity contribution < 1.29 is 9.90 Å². The maximum Gasteiger partial charge on any atom is 0.305 e. The number of aliphatic hydroxyl groups is 1. The van der Waals surface area contributed by atoms with E-state index in [2.05, 4.69) is 20.3 Å². The van der Waals surface area contributed by atoms with Crippen molar-refractivity contribution in [1.82, 2.24) is 19.9 Å². The zero-order valence-electron chi connectivity index (χ0n) is 17.1. The van der Waals surface area contributed by atoms with Gasteiger partial charge in [-0.1, -0.05) is 11.3 Å². The number of aromatic nitrogens is 3. The number of likely N-dealkylation sites (tertiary alicyclic amines) is 1. The molecule has 2 unspecified atom stereocenters. The number of anilines is 2. The first-order valence-corrected chi connectivity index (χ1v) is 12.3. The lowest BCUT2D eigenvalue weighted by molar-refractivity contribution is -0.135. The lowest BCUT2D eigenvalue weighted by Gasteiger charge is -2.26. The molecule has 4 heterocycles. The maximum atomic E-state index is 12.9. The smallest absolute Gasteiger partial charge is 0.305 e. The Labute approximate surface area is 190 Å². The van der Waals surface area contributed by atoms with E-state index in [0.29, 0.717) is 25.9 Å². The van der Waals surface area contributed by atoms with Crippen LogP contribution in [0.2, 0.25) is 0 Å². The summed E-state index contributed by atoms with van der Waals surface area (Å²) in [6, 6.07) is 5.77. The van der Waals surface area contributed by atoms with Crippen molar-refractivity contribution in [3.8, 4) is 0 Å². The number of thiazole rings is 1. The molecule has 10 heteroatoms. The Hall–Kier alpha value is -2.82. The molecule has 3 N–H and O–H groups in total. The Morgan fingerprint density at radius 1 is 1.25 bits per heavy atom. The lowest BCUT2D eigenvalue weighted by atomic mass is 9.87. The van der Waals surface area contributed by atoms with Crippen LogP contribution in [-0.2, 0) is 17.6 Å². The molecule has 4 aromatic rings. The summed E-state index contributed by atoms with van der Waals surface area (Å²) < 4.78 is 0.894. The van der Waals surface area contributed by atoms with Crippen LogP contribution in [0, 0.1) is 5.92 Å². The fraction of sp³-hybridized carbons (Fsp3) is 0.364. The Balaban J connectivity index is 1.30. The lowest BCUT2D eigenvalue weighted by Crippen LogP contribution is -2.37. The van der Waals surface area contributed by atoms with Crippen molar-refractivity contribution in [3.05, 3.63) is 44.6 Å². The third kappa shape index (κ3) is 3.39. The first kappa shape index (κ1) is 19.8. The van der Waals surface area contributed by atoms with Crippen LogP contribution in [0.4, 0.5) is 11.5 Å². The van der Waals surface area contributed by atoms with Crippen molar-refractivity contribution in [1.29, 1.82) is 0 Å². The van der Waals surface area contributed by atoms with Crippen LogP contribution < -0.4 is 10.2 Å². The third-order valence-corrected chi connectivity index (χ3v) is 8.36. The van der Waals surface area contributed by atoms with E-state index < -0.39 is 6.10 Å². The summed E-state index contributed by atoms with van der Waals surface area (Å²) in [7, 11) is 0. The van der Waals surface area contributed by atoms with E-state index in [4.69, 9.17) is 0 Å². The van der Waals surface area contributed by atoms with Crippen LogP contribution in [0.25, 0.3) is 20.4 Å². The summed E-state index contributed by atoms with van der Waals surface area (Å²) in [5.41, 5.74) is 2.92. The highest BCUT2D eigenvalue weighted by molar-refractivity contribution is 7.19. The van der Waals surface area contributed by atoms with E-state index in [1.165, 1.54) is 21.8 Å². The molecule has 1 aliphatic heterocycles. The van der Waals surface area contributed by atoms with Gasteiger partial charge in [0.2, 0.25) is 5.91 Å². The summed E-state index contributed by atoms with van der Waals surface area (Å²) >= 11 is 2.82. The molecule has 6 rings (SSSR count). The van der Waals surface area contributed by atoms with Crippen molar-refractivity contribution in [2.24, 2.45) is 5.92 Å². The number of aromatic amines is 1. The third-order valence-electron chi connectivity index (χ3n) is 6.35. The van der Waals surface area contributed by atoms with Crippen molar-refractivity contribution in [2.45, 2.75) is 31.8 Å². The molecular weight excluding hydrogens is 446 g/mol. The molecule has 0 bridgehead atoms. The van der Waals surface area contributed by atoms with Gasteiger partial charge in [0.15, 0.2) is 0 Å². The normalized spacial score (nSPS) is 20.7. The number of hydrogen-bond acceptors (Lipinski definition) is 8. The fourth-order valence-corrected chi connectivity index (χ4v) is 6.82. The molecule has 1 fully saturated rings. The van der Waals surface area contributed by atoms with Gasteiger partial charge in [-0.25, -0.2) is 9.97 Å². The number of carbonyl (C=O) groups excluding carboxylic acids is 1. The topological polar surface area (TPSA) is 111 Å². The number of β-amino-alcohol motifs (C(OH)–C–C–N with tert-alkyl or cyclic N) is 1.